The fraction of sp³-hybridized carbons (Fsp3) is 0.545. The number of hydrogen-bond donors (Lipinski definition) is 1. The summed E-state index contributed by atoms with van der Waals surface area (Å²) in [6.07, 6.45) is 6.25. The van der Waals surface area contributed by atoms with Crippen LogP contribution in [0.3, 0.4) is 0 Å². The molecule has 6 nitrogen and oxygen atoms in total. The second-order valence-corrected chi connectivity index (χ2v) is 5.25. The Kier molecular flexibility index (Phi) is 4.13. The Balaban J connectivity index is 1.98. The van der Waals surface area contributed by atoms with Crippen molar-refractivity contribution in [3.63, 3.8) is 0 Å². The van der Waals surface area contributed by atoms with Crippen LogP contribution in [0.5, 0.6) is 0 Å². The molecule has 0 amide bonds. The van der Waals surface area contributed by atoms with Crippen molar-refractivity contribution in [2.24, 2.45) is 0 Å². The van der Waals surface area contributed by atoms with Crippen molar-refractivity contribution in [2.45, 2.75) is 31.8 Å². The van der Waals surface area contributed by atoms with Crippen LogP contribution < -0.4 is 10.7 Å². The molecule has 0 aliphatic heterocycles. The van der Waals surface area contributed by atoms with Gasteiger partial charge in [-0.3, -0.25) is 14.9 Å². The molecule has 98 valence electrons. The van der Waals surface area contributed by atoms with E-state index >= 15 is 0 Å². The molecule has 1 heterocycles. The van der Waals surface area contributed by atoms with Crippen LogP contribution in [-0.4, -0.2) is 22.1 Å². The van der Waals surface area contributed by atoms with E-state index in [2.05, 4.69) is 21.2 Å². The number of halogens is 1. The number of aromatic nitrogens is 1. The third kappa shape index (κ3) is 3.39. The van der Waals surface area contributed by atoms with Crippen molar-refractivity contribution < 1.29 is 4.92 Å². The molecule has 1 saturated carbocycles. The van der Waals surface area contributed by atoms with Gasteiger partial charge in [-0.1, -0.05) is 0 Å². The number of aryl methyl sites for hydroxylation is 1. The molecule has 0 spiro atoms. The molecule has 0 aromatic carbocycles. The molecule has 1 aliphatic carbocycles. The van der Waals surface area contributed by atoms with E-state index in [1.165, 1.54) is 19.0 Å². The van der Waals surface area contributed by atoms with E-state index in [1.807, 2.05) is 0 Å². The summed E-state index contributed by atoms with van der Waals surface area (Å²) in [6.45, 7) is 1.54. The summed E-state index contributed by atoms with van der Waals surface area (Å²) in [5.74, 6) is 0. The Morgan fingerprint density at radius 1 is 1.50 bits per heavy atom. The summed E-state index contributed by atoms with van der Waals surface area (Å²) in [5, 5.41) is 14.1. The highest BCUT2D eigenvalue weighted by Crippen LogP contribution is 2.18. The van der Waals surface area contributed by atoms with Crippen molar-refractivity contribution in [2.75, 3.05) is 6.54 Å². The van der Waals surface area contributed by atoms with Gasteiger partial charge in [0.1, 0.15) is 0 Å². The van der Waals surface area contributed by atoms with Crippen LogP contribution in [0.2, 0.25) is 0 Å². The predicted octanol–water partition coefficient (Wildman–Crippen LogP) is 1.66. The Bertz CT molecular complexity index is 511. The highest BCUT2D eigenvalue weighted by Gasteiger charge is 2.19. The molecule has 0 bridgehead atoms. The van der Waals surface area contributed by atoms with E-state index in [1.54, 1.807) is 10.8 Å². The molecular weight excluding hydrogens is 302 g/mol. The Labute approximate surface area is 112 Å². The van der Waals surface area contributed by atoms with Gasteiger partial charge in [0, 0.05) is 18.8 Å². The minimum atomic E-state index is -0.647. The SMILES string of the molecule is O=c1c(Br)cn(CCCNC2CC2)cc1[N+](=O)[O-]. The number of rotatable bonds is 6. The van der Waals surface area contributed by atoms with E-state index in [0.29, 0.717) is 12.6 Å². The Morgan fingerprint density at radius 3 is 2.83 bits per heavy atom. The van der Waals surface area contributed by atoms with Crippen LogP contribution in [-0.2, 0) is 6.54 Å². The smallest absolute Gasteiger partial charge is 0.333 e. The Hall–Kier alpha value is -1.21. The van der Waals surface area contributed by atoms with Gasteiger partial charge in [-0.25, -0.2) is 0 Å². The van der Waals surface area contributed by atoms with Gasteiger partial charge < -0.3 is 9.88 Å². The maximum Gasteiger partial charge on any atom is 0.333 e. The normalized spacial score (nSPS) is 14.7. The predicted molar refractivity (Wildman–Crippen MR) is 70.7 cm³/mol. The molecule has 7 heteroatoms. The molecule has 0 unspecified atom stereocenters. The van der Waals surface area contributed by atoms with Crippen molar-refractivity contribution in [1.82, 2.24) is 9.88 Å². The molecule has 18 heavy (non-hydrogen) atoms. The summed E-state index contributed by atoms with van der Waals surface area (Å²) in [5.41, 5.74) is -0.966. The third-order valence-corrected chi connectivity index (χ3v) is 3.38. The third-order valence-electron chi connectivity index (χ3n) is 2.82. The second-order valence-electron chi connectivity index (χ2n) is 4.40. The first kappa shape index (κ1) is 13.2. The van der Waals surface area contributed by atoms with Gasteiger partial charge in [0.25, 0.3) is 5.43 Å². The van der Waals surface area contributed by atoms with Crippen LogP contribution in [0.4, 0.5) is 5.69 Å². The quantitative estimate of drug-likeness (QED) is 0.492. The first-order valence-corrected chi connectivity index (χ1v) is 6.64. The van der Waals surface area contributed by atoms with Gasteiger partial charge in [0.05, 0.1) is 15.6 Å². The number of nitrogens with zero attached hydrogens (tertiary/aromatic N) is 2. The average molecular weight is 316 g/mol. The molecule has 0 atom stereocenters. The van der Waals surface area contributed by atoms with Gasteiger partial charge in [-0.15, -0.1) is 0 Å². The molecule has 1 aromatic heterocycles. The number of pyridine rings is 1. The molecule has 0 radical (unpaired) electrons. The highest BCUT2D eigenvalue weighted by molar-refractivity contribution is 9.10. The Morgan fingerprint density at radius 2 is 2.22 bits per heavy atom. The lowest BCUT2D eigenvalue weighted by Gasteiger charge is -2.07. The zero-order valence-electron chi connectivity index (χ0n) is 9.76. The monoisotopic (exact) mass is 315 g/mol. The first-order chi connectivity index (χ1) is 8.58. The van der Waals surface area contributed by atoms with Crippen LogP contribution in [0.25, 0.3) is 0 Å². The maximum absolute atomic E-state index is 11.5. The van der Waals surface area contributed by atoms with Crippen molar-refractivity contribution >= 4 is 21.6 Å². The van der Waals surface area contributed by atoms with Gasteiger partial charge in [0.15, 0.2) is 0 Å². The molecule has 2 rings (SSSR count). The zero-order chi connectivity index (χ0) is 13.1. The van der Waals surface area contributed by atoms with Gasteiger partial charge in [0.2, 0.25) is 0 Å². The van der Waals surface area contributed by atoms with Crippen LogP contribution in [0.1, 0.15) is 19.3 Å². The number of nitro groups is 1. The van der Waals surface area contributed by atoms with E-state index in [9.17, 15) is 14.9 Å². The fourth-order valence-corrected chi connectivity index (χ4v) is 2.16. The average Bonchev–Trinajstić information content (AvgIpc) is 3.12. The molecule has 1 aromatic rings. The first-order valence-electron chi connectivity index (χ1n) is 5.85. The summed E-state index contributed by atoms with van der Waals surface area (Å²) in [7, 11) is 0. The minimum Gasteiger partial charge on any atom is -0.347 e. The van der Waals surface area contributed by atoms with E-state index in [0.717, 1.165) is 13.0 Å². The summed E-state index contributed by atoms with van der Waals surface area (Å²) >= 11 is 3.05. The zero-order valence-corrected chi connectivity index (χ0v) is 11.4. The standard InChI is InChI=1S/C11H14BrN3O3/c12-9-6-14(5-1-4-13-8-2-3-8)7-10(11(9)16)15(17)18/h6-8,13H,1-5H2. The molecule has 1 N–H and O–H groups in total. The van der Waals surface area contributed by atoms with Crippen molar-refractivity contribution in [3.8, 4) is 0 Å². The van der Waals surface area contributed by atoms with Gasteiger partial charge in [-0.05, 0) is 41.7 Å². The van der Waals surface area contributed by atoms with Crippen molar-refractivity contribution in [1.29, 1.82) is 0 Å². The molecule has 0 saturated heterocycles. The summed E-state index contributed by atoms with van der Waals surface area (Å²) in [4.78, 5) is 21.5. The maximum atomic E-state index is 11.5. The van der Waals surface area contributed by atoms with Gasteiger partial charge in [-0.2, -0.15) is 0 Å². The molecular formula is C11H14BrN3O3. The van der Waals surface area contributed by atoms with E-state index in [-0.39, 0.29) is 10.2 Å². The second kappa shape index (κ2) is 5.62. The lowest BCUT2D eigenvalue weighted by Crippen LogP contribution is -2.19. The van der Waals surface area contributed by atoms with Crippen molar-refractivity contribution in [3.05, 3.63) is 37.2 Å². The minimum absolute atomic E-state index is 0.229. The molecule has 1 fully saturated rings. The summed E-state index contributed by atoms with van der Waals surface area (Å²) in [6, 6.07) is 0.667. The largest absolute Gasteiger partial charge is 0.347 e. The number of hydrogen-bond acceptors (Lipinski definition) is 4. The van der Waals surface area contributed by atoms with Crippen LogP contribution in [0, 0.1) is 10.1 Å². The highest BCUT2D eigenvalue weighted by atomic mass is 79.9. The lowest BCUT2D eigenvalue weighted by atomic mass is 10.3. The number of nitrogens with one attached hydrogen (secondary N) is 1. The van der Waals surface area contributed by atoms with Crippen LogP contribution in [0.15, 0.2) is 21.7 Å². The van der Waals surface area contributed by atoms with Crippen LogP contribution >= 0.6 is 15.9 Å². The van der Waals surface area contributed by atoms with E-state index in [4.69, 9.17) is 0 Å². The fourth-order valence-electron chi connectivity index (χ4n) is 1.69. The lowest BCUT2D eigenvalue weighted by molar-refractivity contribution is -0.386. The summed E-state index contributed by atoms with van der Waals surface area (Å²) < 4.78 is 1.91. The molecule has 1 aliphatic rings. The topological polar surface area (TPSA) is 77.2 Å². The van der Waals surface area contributed by atoms with Gasteiger partial charge >= 0.3 is 5.69 Å². The van der Waals surface area contributed by atoms with E-state index < -0.39 is 10.4 Å².